The fraction of sp³-hybridized carbons (Fsp3) is 0.600. The Labute approximate surface area is 126 Å². The van der Waals surface area contributed by atoms with Crippen LogP contribution in [0.1, 0.15) is 45.2 Å². The predicted octanol–water partition coefficient (Wildman–Crippen LogP) is 4.44. The highest BCUT2D eigenvalue weighted by molar-refractivity contribution is 6.35. The van der Waals surface area contributed by atoms with Crippen molar-refractivity contribution in [2.45, 2.75) is 39.7 Å². The SMILES string of the molecule is CCC(NCC(C)(C)CCO)c1ccc(Cl)cc1Cl. The Bertz CT molecular complexity index is 407. The zero-order valence-electron chi connectivity index (χ0n) is 11.8. The summed E-state index contributed by atoms with van der Waals surface area (Å²) in [5, 5.41) is 13.9. The van der Waals surface area contributed by atoms with Crippen LogP contribution < -0.4 is 5.32 Å². The highest BCUT2D eigenvalue weighted by Gasteiger charge is 2.20. The Hall–Kier alpha value is -0.280. The van der Waals surface area contributed by atoms with Crippen molar-refractivity contribution in [1.82, 2.24) is 5.32 Å². The molecule has 0 bridgehead atoms. The van der Waals surface area contributed by atoms with Crippen molar-refractivity contribution < 1.29 is 5.11 Å². The van der Waals surface area contributed by atoms with Gasteiger partial charge >= 0.3 is 0 Å². The van der Waals surface area contributed by atoms with Crippen molar-refractivity contribution in [1.29, 1.82) is 0 Å². The zero-order valence-corrected chi connectivity index (χ0v) is 13.4. The largest absolute Gasteiger partial charge is 0.396 e. The lowest BCUT2D eigenvalue weighted by Gasteiger charge is -2.28. The molecule has 0 aliphatic rings. The minimum Gasteiger partial charge on any atom is -0.396 e. The van der Waals surface area contributed by atoms with Gasteiger partial charge in [-0.2, -0.15) is 0 Å². The van der Waals surface area contributed by atoms with Crippen molar-refractivity contribution in [2.75, 3.05) is 13.2 Å². The van der Waals surface area contributed by atoms with Gasteiger partial charge in [-0.25, -0.2) is 0 Å². The Morgan fingerprint density at radius 3 is 2.53 bits per heavy atom. The van der Waals surface area contributed by atoms with Crippen LogP contribution in [0.5, 0.6) is 0 Å². The summed E-state index contributed by atoms with van der Waals surface area (Å²) in [5.74, 6) is 0. The number of benzene rings is 1. The molecule has 19 heavy (non-hydrogen) atoms. The predicted molar refractivity (Wildman–Crippen MR) is 83.0 cm³/mol. The number of hydrogen-bond acceptors (Lipinski definition) is 2. The smallest absolute Gasteiger partial charge is 0.0468 e. The second-order valence-electron chi connectivity index (χ2n) is 5.65. The van der Waals surface area contributed by atoms with Gasteiger partial charge in [-0.3, -0.25) is 0 Å². The van der Waals surface area contributed by atoms with Crippen LogP contribution in [0.25, 0.3) is 0 Å². The van der Waals surface area contributed by atoms with Gasteiger partial charge in [0, 0.05) is 29.2 Å². The average molecular weight is 304 g/mol. The van der Waals surface area contributed by atoms with E-state index in [-0.39, 0.29) is 18.1 Å². The molecule has 0 aliphatic heterocycles. The molecule has 0 aromatic heterocycles. The molecule has 0 heterocycles. The molecule has 0 saturated carbocycles. The number of nitrogens with one attached hydrogen (secondary N) is 1. The fourth-order valence-electron chi connectivity index (χ4n) is 2.05. The molecule has 1 aromatic rings. The number of halogens is 2. The van der Waals surface area contributed by atoms with E-state index in [2.05, 4.69) is 26.1 Å². The quantitative estimate of drug-likeness (QED) is 0.780. The molecule has 0 amide bonds. The Balaban J connectivity index is 2.73. The molecule has 2 nitrogen and oxygen atoms in total. The molecule has 0 fully saturated rings. The molecule has 1 aromatic carbocycles. The van der Waals surface area contributed by atoms with Gasteiger partial charge in [0.05, 0.1) is 0 Å². The second kappa shape index (κ2) is 7.49. The van der Waals surface area contributed by atoms with E-state index >= 15 is 0 Å². The number of aliphatic hydroxyl groups excluding tert-OH is 1. The summed E-state index contributed by atoms with van der Waals surface area (Å²) in [7, 11) is 0. The van der Waals surface area contributed by atoms with E-state index in [1.165, 1.54) is 0 Å². The third kappa shape index (κ3) is 5.31. The molecule has 0 spiro atoms. The molecule has 1 unspecified atom stereocenters. The third-order valence-electron chi connectivity index (χ3n) is 3.36. The minimum atomic E-state index is 0.0705. The molecule has 1 rings (SSSR count). The van der Waals surface area contributed by atoms with Gasteiger partial charge in [0.15, 0.2) is 0 Å². The Kier molecular flexibility index (Phi) is 6.61. The van der Waals surface area contributed by atoms with Gasteiger partial charge in [0.25, 0.3) is 0 Å². The second-order valence-corrected chi connectivity index (χ2v) is 6.49. The topological polar surface area (TPSA) is 32.3 Å². The first-order chi connectivity index (χ1) is 8.89. The molecule has 108 valence electrons. The van der Waals surface area contributed by atoms with Gasteiger partial charge < -0.3 is 10.4 Å². The summed E-state index contributed by atoms with van der Waals surface area (Å²) in [6.07, 6.45) is 1.74. The first-order valence-electron chi connectivity index (χ1n) is 6.69. The fourth-order valence-corrected chi connectivity index (χ4v) is 2.59. The minimum absolute atomic E-state index is 0.0705. The Morgan fingerprint density at radius 1 is 1.32 bits per heavy atom. The van der Waals surface area contributed by atoms with E-state index in [1.54, 1.807) is 6.07 Å². The van der Waals surface area contributed by atoms with E-state index in [0.717, 1.165) is 24.9 Å². The first-order valence-corrected chi connectivity index (χ1v) is 7.44. The third-order valence-corrected chi connectivity index (χ3v) is 3.92. The van der Waals surface area contributed by atoms with Gasteiger partial charge in [-0.15, -0.1) is 0 Å². The van der Waals surface area contributed by atoms with Crippen LogP contribution >= 0.6 is 23.2 Å². The lowest BCUT2D eigenvalue weighted by Crippen LogP contribution is -2.33. The normalized spacial score (nSPS) is 13.6. The average Bonchev–Trinajstić information content (AvgIpc) is 2.32. The van der Waals surface area contributed by atoms with E-state index < -0.39 is 0 Å². The van der Waals surface area contributed by atoms with Crippen LogP contribution in [0, 0.1) is 5.41 Å². The monoisotopic (exact) mass is 303 g/mol. The van der Waals surface area contributed by atoms with Gasteiger partial charge in [0.2, 0.25) is 0 Å². The molecular weight excluding hydrogens is 281 g/mol. The van der Waals surface area contributed by atoms with Crippen molar-refractivity contribution in [3.63, 3.8) is 0 Å². The maximum atomic E-state index is 9.05. The summed E-state index contributed by atoms with van der Waals surface area (Å²) < 4.78 is 0. The van der Waals surface area contributed by atoms with Crippen molar-refractivity contribution in [3.8, 4) is 0 Å². The summed E-state index contributed by atoms with van der Waals surface area (Å²) in [4.78, 5) is 0. The molecule has 1 atom stereocenters. The van der Waals surface area contributed by atoms with E-state index in [0.29, 0.717) is 10.0 Å². The zero-order chi connectivity index (χ0) is 14.5. The number of hydrogen-bond donors (Lipinski definition) is 2. The van der Waals surface area contributed by atoms with Crippen LogP contribution in [0.3, 0.4) is 0 Å². The highest BCUT2D eigenvalue weighted by Crippen LogP contribution is 2.29. The molecular formula is C15H23Cl2NO. The van der Waals surface area contributed by atoms with E-state index in [1.807, 2.05) is 12.1 Å². The van der Waals surface area contributed by atoms with Crippen LogP contribution in [0.4, 0.5) is 0 Å². The molecule has 0 aliphatic carbocycles. The summed E-state index contributed by atoms with van der Waals surface area (Å²) >= 11 is 12.2. The van der Waals surface area contributed by atoms with E-state index in [9.17, 15) is 0 Å². The molecule has 0 saturated heterocycles. The van der Waals surface area contributed by atoms with Crippen molar-refractivity contribution in [3.05, 3.63) is 33.8 Å². The summed E-state index contributed by atoms with van der Waals surface area (Å²) in [6.45, 7) is 7.47. The maximum Gasteiger partial charge on any atom is 0.0468 e. The van der Waals surface area contributed by atoms with E-state index in [4.69, 9.17) is 28.3 Å². The van der Waals surface area contributed by atoms with Crippen molar-refractivity contribution in [2.24, 2.45) is 5.41 Å². The Morgan fingerprint density at radius 2 is 2.00 bits per heavy atom. The lowest BCUT2D eigenvalue weighted by molar-refractivity contribution is 0.202. The van der Waals surface area contributed by atoms with Gasteiger partial charge in [0.1, 0.15) is 0 Å². The van der Waals surface area contributed by atoms with Gasteiger partial charge in [-0.05, 0) is 36.0 Å². The van der Waals surface area contributed by atoms with Crippen LogP contribution in [0.15, 0.2) is 18.2 Å². The first kappa shape index (κ1) is 16.8. The summed E-state index contributed by atoms with van der Waals surface area (Å²) in [5.41, 5.74) is 1.15. The standard InChI is InChI=1S/C15H23Cl2NO/c1-4-14(18-10-15(2,3)7-8-19)12-6-5-11(16)9-13(12)17/h5-6,9,14,18-19H,4,7-8,10H2,1-3H3. The maximum absolute atomic E-state index is 9.05. The van der Waals surface area contributed by atoms with Crippen LogP contribution in [-0.4, -0.2) is 18.3 Å². The van der Waals surface area contributed by atoms with Crippen LogP contribution in [0.2, 0.25) is 10.0 Å². The highest BCUT2D eigenvalue weighted by atomic mass is 35.5. The van der Waals surface area contributed by atoms with Crippen molar-refractivity contribution >= 4 is 23.2 Å². The lowest BCUT2D eigenvalue weighted by atomic mass is 9.89. The molecule has 4 heteroatoms. The number of rotatable bonds is 7. The van der Waals surface area contributed by atoms with Crippen LogP contribution in [-0.2, 0) is 0 Å². The van der Waals surface area contributed by atoms with Gasteiger partial charge in [-0.1, -0.05) is 50.0 Å². The molecule has 0 radical (unpaired) electrons. The molecule has 2 N–H and O–H groups in total. The summed E-state index contributed by atoms with van der Waals surface area (Å²) in [6, 6.07) is 5.83. The number of aliphatic hydroxyl groups is 1.